The molecule has 1 aliphatic rings. The smallest absolute Gasteiger partial charge is 0.335 e. The van der Waals surface area contributed by atoms with Crippen molar-refractivity contribution in [2.24, 2.45) is 0 Å². The van der Waals surface area contributed by atoms with E-state index in [0.717, 1.165) is 16.5 Å². The van der Waals surface area contributed by atoms with Crippen LogP contribution in [0.25, 0.3) is 0 Å². The Kier molecular flexibility index (Phi) is 6.95. The van der Waals surface area contributed by atoms with Gasteiger partial charge in [0.1, 0.15) is 0 Å². The SMILES string of the molecule is Cc1cc(Br)ccc1NC(=O)CN(C)C(=O)COC(=O)[C@H]1CCCO1. The van der Waals surface area contributed by atoms with E-state index in [4.69, 9.17) is 9.47 Å². The normalized spacial score (nSPS) is 16.4. The van der Waals surface area contributed by atoms with Gasteiger partial charge in [-0.2, -0.15) is 0 Å². The lowest BCUT2D eigenvalue weighted by atomic mass is 10.2. The van der Waals surface area contributed by atoms with Crippen molar-refractivity contribution in [2.75, 3.05) is 32.1 Å². The summed E-state index contributed by atoms with van der Waals surface area (Å²) >= 11 is 3.36. The van der Waals surface area contributed by atoms with Gasteiger partial charge in [-0.1, -0.05) is 15.9 Å². The Labute approximate surface area is 154 Å². The van der Waals surface area contributed by atoms with Crippen LogP contribution in [0.2, 0.25) is 0 Å². The molecule has 0 bridgehead atoms. The molecular formula is C17H21BrN2O5. The molecular weight excluding hydrogens is 392 g/mol. The van der Waals surface area contributed by atoms with E-state index in [1.54, 1.807) is 6.07 Å². The van der Waals surface area contributed by atoms with Gasteiger partial charge in [0.2, 0.25) is 5.91 Å². The summed E-state index contributed by atoms with van der Waals surface area (Å²) in [6, 6.07) is 5.49. The number of likely N-dealkylation sites (N-methyl/N-ethyl adjacent to an activating group) is 1. The molecule has 136 valence electrons. The average molecular weight is 413 g/mol. The second kappa shape index (κ2) is 8.96. The van der Waals surface area contributed by atoms with Crippen LogP contribution in [0.5, 0.6) is 0 Å². The van der Waals surface area contributed by atoms with Gasteiger partial charge in [-0.25, -0.2) is 4.79 Å². The quantitative estimate of drug-likeness (QED) is 0.720. The van der Waals surface area contributed by atoms with Crippen molar-refractivity contribution >= 4 is 39.4 Å². The van der Waals surface area contributed by atoms with Gasteiger partial charge in [0.05, 0.1) is 6.54 Å². The fourth-order valence-electron chi connectivity index (χ4n) is 2.36. The number of ether oxygens (including phenoxy) is 2. The Balaban J connectivity index is 1.77. The Morgan fingerprint density at radius 3 is 2.80 bits per heavy atom. The highest BCUT2D eigenvalue weighted by molar-refractivity contribution is 9.10. The largest absolute Gasteiger partial charge is 0.454 e. The topological polar surface area (TPSA) is 84.9 Å². The predicted molar refractivity (Wildman–Crippen MR) is 95.1 cm³/mol. The third kappa shape index (κ3) is 5.82. The van der Waals surface area contributed by atoms with Gasteiger partial charge >= 0.3 is 5.97 Å². The van der Waals surface area contributed by atoms with E-state index < -0.39 is 24.6 Å². The molecule has 25 heavy (non-hydrogen) atoms. The summed E-state index contributed by atoms with van der Waals surface area (Å²) in [6.07, 6.45) is 0.836. The molecule has 1 N–H and O–H groups in total. The van der Waals surface area contributed by atoms with Crippen LogP contribution < -0.4 is 5.32 Å². The van der Waals surface area contributed by atoms with Gasteiger partial charge in [0.15, 0.2) is 12.7 Å². The van der Waals surface area contributed by atoms with Gasteiger partial charge in [-0.05, 0) is 43.5 Å². The van der Waals surface area contributed by atoms with Crippen LogP contribution in [-0.2, 0) is 23.9 Å². The molecule has 0 aromatic heterocycles. The van der Waals surface area contributed by atoms with Crippen LogP contribution in [-0.4, -0.2) is 55.6 Å². The molecule has 1 fully saturated rings. The van der Waals surface area contributed by atoms with Crippen LogP contribution in [0, 0.1) is 6.92 Å². The molecule has 2 rings (SSSR count). The number of anilines is 1. The number of benzene rings is 1. The first-order valence-corrected chi connectivity index (χ1v) is 8.74. The molecule has 1 atom stereocenters. The maximum atomic E-state index is 12.1. The predicted octanol–water partition coefficient (Wildman–Crippen LogP) is 1.88. The molecule has 2 amide bonds. The number of amides is 2. The maximum Gasteiger partial charge on any atom is 0.335 e. The Hall–Kier alpha value is -1.93. The number of hydrogen-bond donors (Lipinski definition) is 1. The van der Waals surface area contributed by atoms with E-state index in [1.807, 2.05) is 19.1 Å². The summed E-state index contributed by atoms with van der Waals surface area (Å²) in [5.41, 5.74) is 1.58. The minimum absolute atomic E-state index is 0.133. The van der Waals surface area contributed by atoms with Gasteiger partial charge in [0, 0.05) is 23.8 Å². The highest BCUT2D eigenvalue weighted by atomic mass is 79.9. The minimum Gasteiger partial charge on any atom is -0.454 e. The molecule has 1 aromatic carbocycles. The van der Waals surface area contributed by atoms with Gasteiger partial charge in [-0.15, -0.1) is 0 Å². The van der Waals surface area contributed by atoms with Crippen molar-refractivity contribution in [2.45, 2.75) is 25.9 Å². The van der Waals surface area contributed by atoms with Crippen molar-refractivity contribution in [3.63, 3.8) is 0 Å². The number of aryl methyl sites for hydroxylation is 1. The van der Waals surface area contributed by atoms with E-state index >= 15 is 0 Å². The zero-order valence-corrected chi connectivity index (χ0v) is 15.8. The van der Waals surface area contributed by atoms with Crippen molar-refractivity contribution in [1.82, 2.24) is 4.90 Å². The third-order valence-electron chi connectivity index (χ3n) is 3.80. The minimum atomic E-state index is -0.582. The summed E-state index contributed by atoms with van der Waals surface area (Å²) in [6.45, 7) is 1.87. The molecule has 0 radical (unpaired) electrons. The lowest BCUT2D eigenvalue weighted by Gasteiger charge is -2.18. The third-order valence-corrected chi connectivity index (χ3v) is 4.29. The summed E-state index contributed by atoms with van der Waals surface area (Å²) in [5.74, 6) is -1.31. The zero-order chi connectivity index (χ0) is 18.4. The number of carbonyl (C=O) groups excluding carboxylic acids is 3. The maximum absolute atomic E-state index is 12.1. The highest BCUT2D eigenvalue weighted by Gasteiger charge is 2.26. The van der Waals surface area contributed by atoms with Gasteiger partial charge < -0.3 is 19.7 Å². The zero-order valence-electron chi connectivity index (χ0n) is 14.2. The standard InChI is InChI=1S/C17H21BrN2O5/c1-11-8-12(18)5-6-13(11)19-15(21)9-20(2)16(22)10-25-17(23)14-4-3-7-24-14/h5-6,8,14H,3-4,7,9-10H2,1-2H3,(H,19,21)/t14-/m1/s1. The van der Waals surface area contributed by atoms with Crippen molar-refractivity contribution in [3.8, 4) is 0 Å². The van der Waals surface area contributed by atoms with Crippen molar-refractivity contribution < 1.29 is 23.9 Å². The van der Waals surface area contributed by atoms with Gasteiger partial charge in [0.25, 0.3) is 5.91 Å². The van der Waals surface area contributed by atoms with Gasteiger partial charge in [-0.3, -0.25) is 9.59 Å². The number of hydrogen-bond acceptors (Lipinski definition) is 5. The average Bonchev–Trinajstić information content (AvgIpc) is 3.09. The lowest BCUT2D eigenvalue weighted by Crippen LogP contribution is -2.38. The molecule has 1 aromatic rings. The number of carbonyl (C=O) groups is 3. The second-order valence-electron chi connectivity index (χ2n) is 5.87. The fourth-order valence-corrected chi connectivity index (χ4v) is 2.84. The fraction of sp³-hybridized carbons (Fsp3) is 0.471. The van der Waals surface area contributed by atoms with Crippen molar-refractivity contribution in [1.29, 1.82) is 0 Å². The summed E-state index contributed by atoms with van der Waals surface area (Å²) < 4.78 is 11.1. The first-order valence-electron chi connectivity index (χ1n) is 7.95. The van der Waals surface area contributed by atoms with Crippen LogP contribution in [0.1, 0.15) is 18.4 Å². The van der Waals surface area contributed by atoms with Crippen LogP contribution in [0.4, 0.5) is 5.69 Å². The first kappa shape index (κ1) is 19.4. The highest BCUT2D eigenvalue weighted by Crippen LogP contribution is 2.20. The van der Waals surface area contributed by atoms with Crippen molar-refractivity contribution in [3.05, 3.63) is 28.2 Å². The molecule has 0 unspecified atom stereocenters. The van der Waals surface area contributed by atoms with E-state index in [9.17, 15) is 14.4 Å². The lowest BCUT2D eigenvalue weighted by molar-refractivity contribution is -0.159. The Morgan fingerprint density at radius 1 is 1.40 bits per heavy atom. The number of halogens is 1. The van der Waals surface area contributed by atoms with E-state index in [-0.39, 0.29) is 12.5 Å². The number of esters is 1. The molecule has 1 saturated heterocycles. The molecule has 8 heteroatoms. The molecule has 7 nitrogen and oxygen atoms in total. The Morgan fingerprint density at radius 2 is 2.16 bits per heavy atom. The van der Waals surface area contributed by atoms with Crippen LogP contribution in [0.15, 0.2) is 22.7 Å². The molecule has 0 saturated carbocycles. The van der Waals surface area contributed by atoms with E-state index in [0.29, 0.717) is 18.7 Å². The molecule has 0 spiro atoms. The molecule has 0 aliphatic carbocycles. The van der Waals surface area contributed by atoms with Crippen LogP contribution >= 0.6 is 15.9 Å². The summed E-state index contributed by atoms with van der Waals surface area (Å²) in [7, 11) is 1.48. The van der Waals surface area contributed by atoms with Crippen LogP contribution in [0.3, 0.4) is 0 Å². The number of rotatable bonds is 6. The molecule has 1 heterocycles. The summed E-state index contributed by atoms with van der Waals surface area (Å²) in [4.78, 5) is 37.0. The summed E-state index contributed by atoms with van der Waals surface area (Å²) in [5, 5.41) is 2.75. The molecule has 1 aliphatic heterocycles. The van der Waals surface area contributed by atoms with E-state index in [1.165, 1.54) is 11.9 Å². The van der Waals surface area contributed by atoms with E-state index in [2.05, 4.69) is 21.2 Å². The second-order valence-corrected chi connectivity index (χ2v) is 6.78. The number of nitrogens with zero attached hydrogens (tertiary/aromatic N) is 1. The Bertz CT molecular complexity index is 658. The number of nitrogens with one attached hydrogen (secondary N) is 1. The first-order chi connectivity index (χ1) is 11.9. The monoisotopic (exact) mass is 412 g/mol.